The van der Waals surface area contributed by atoms with Crippen LogP contribution in [0.25, 0.3) is 0 Å². The number of hydrogen-bond donors (Lipinski definition) is 3. The molecule has 2 unspecified atom stereocenters. The van der Waals surface area contributed by atoms with E-state index in [-0.39, 0.29) is 18.5 Å². The molecule has 0 rings (SSSR count). The quantitative estimate of drug-likeness (QED) is 0.0320. The number of nitrogens with one attached hydrogen (secondary N) is 1. The summed E-state index contributed by atoms with van der Waals surface area (Å²) in [5, 5.41) is 23.3. The van der Waals surface area contributed by atoms with E-state index in [4.69, 9.17) is 4.74 Å². The van der Waals surface area contributed by atoms with Gasteiger partial charge in [0.05, 0.1) is 25.4 Å². The van der Waals surface area contributed by atoms with Gasteiger partial charge in [-0.25, -0.2) is 0 Å². The lowest BCUT2D eigenvalue weighted by molar-refractivity contribution is -0.143. The molecule has 77 heavy (non-hydrogen) atoms. The van der Waals surface area contributed by atoms with Crippen molar-refractivity contribution in [3.8, 4) is 0 Å². The van der Waals surface area contributed by atoms with E-state index in [1.54, 1.807) is 6.08 Å². The maximum absolute atomic E-state index is 12.5. The first-order valence-corrected chi connectivity index (χ1v) is 34.4. The van der Waals surface area contributed by atoms with Crippen LogP contribution >= 0.6 is 0 Å². The van der Waals surface area contributed by atoms with Gasteiger partial charge in [-0.05, 0) is 89.9 Å². The van der Waals surface area contributed by atoms with E-state index in [9.17, 15) is 19.8 Å². The van der Waals surface area contributed by atoms with Crippen LogP contribution in [0.3, 0.4) is 0 Å². The van der Waals surface area contributed by atoms with Gasteiger partial charge in [0.15, 0.2) is 0 Å². The third-order valence-corrected chi connectivity index (χ3v) is 15.8. The zero-order valence-corrected chi connectivity index (χ0v) is 51.7. The topological polar surface area (TPSA) is 95.9 Å². The molecule has 6 heteroatoms. The Hall–Kier alpha value is -2.18. The van der Waals surface area contributed by atoms with Gasteiger partial charge in [0.2, 0.25) is 5.91 Å². The smallest absolute Gasteiger partial charge is 0.305 e. The number of esters is 1. The van der Waals surface area contributed by atoms with Crippen LogP contribution in [0.15, 0.2) is 48.6 Å². The molecule has 2 atom stereocenters. The molecular weight excluding hydrogens is 947 g/mol. The normalized spacial score (nSPS) is 12.8. The fraction of sp³-hybridized carbons (Fsp3) is 0.859. The summed E-state index contributed by atoms with van der Waals surface area (Å²) in [5.74, 6) is -0.0847. The zero-order valence-electron chi connectivity index (χ0n) is 51.7. The lowest BCUT2D eigenvalue weighted by Crippen LogP contribution is -2.45. The number of carbonyl (C=O) groups is 2. The number of aliphatic hydroxyl groups is 2. The largest absolute Gasteiger partial charge is 0.466 e. The predicted octanol–water partition coefficient (Wildman–Crippen LogP) is 22.1. The summed E-state index contributed by atoms with van der Waals surface area (Å²) in [5.41, 5.74) is 0. The Morgan fingerprint density at radius 3 is 1.03 bits per heavy atom. The highest BCUT2D eigenvalue weighted by Crippen LogP contribution is 2.18. The third-order valence-electron chi connectivity index (χ3n) is 15.8. The first-order chi connectivity index (χ1) is 38.0. The number of ether oxygens (including phenoxy) is 1. The number of hydrogen-bond acceptors (Lipinski definition) is 5. The molecule has 0 radical (unpaired) electrons. The minimum atomic E-state index is -0.856. The number of allylic oxidation sites excluding steroid dienone is 7. The Balaban J connectivity index is 3.47. The molecule has 0 saturated carbocycles. The van der Waals surface area contributed by atoms with Crippen molar-refractivity contribution in [2.45, 2.75) is 379 Å². The summed E-state index contributed by atoms with van der Waals surface area (Å²) in [6.45, 7) is 4.89. The van der Waals surface area contributed by atoms with Crippen molar-refractivity contribution in [3.63, 3.8) is 0 Å². The van der Waals surface area contributed by atoms with Crippen molar-refractivity contribution in [3.05, 3.63) is 48.6 Å². The van der Waals surface area contributed by atoms with Gasteiger partial charge in [-0.2, -0.15) is 0 Å². The van der Waals surface area contributed by atoms with Crippen LogP contribution in [0, 0.1) is 0 Å². The first-order valence-electron chi connectivity index (χ1n) is 34.4. The van der Waals surface area contributed by atoms with Gasteiger partial charge in [-0.3, -0.25) is 9.59 Å². The third kappa shape index (κ3) is 62.9. The highest BCUT2D eigenvalue weighted by atomic mass is 16.5. The molecule has 6 nitrogen and oxygen atoms in total. The first kappa shape index (κ1) is 74.8. The van der Waals surface area contributed by atoms with Crippen LogP contribution < -0.4 is 5.32 Å². The van der Waals surface area contributed by atoms with Crippen molar-refractivity contribution < 1.29 is 24.5 Å². The second kappa shape index (κ2) is 66.3. The Morgan fingerprint density at radius 2 is 0.649 bits per heavy atom. The van der Waals surface area contributed by atoms with Crippen molar-refractivity contribution in [1.29, 1.82) is 0 Å². The highest BCUT2D eigenvalue weighted by molar-refractivity contribution is 5.76. The number of amides is 1. The van der Waals surface area contributed by atoms with E-state index in [0.29, 0.717) is 19.4 Å². The monoisotopic (exact) mass is 1080 g/mol. The second-order valence-electron chi connectivity index (χ2n) is 23.5. The number of rotatable bonds is 64. The number of unbranched alkanes of at least 4 members (excludes halogenated alkanes) is 47. The van der Waals surface area contributed by atoms with E-state index < -0.39 is 12.1 Å². The van der Waals surface area contributed by atoms with E-state index >= 15 is 0 Å². The molecule has 0 aromatic carbocycles. The summed E-state index contributed by atoms with van der Waals surface area (Å²) in [6, 6.07) is -0.641. The van der Waals surface area contributed by atoms with Crippen LogP contribution in [0.1, 0.15) is 367 Å². The van der Waals surface area contributed by atoms with Gasteiger partial charge in [-0.15, -0.1) is 0 Å². The summed E-state index contributed by atoms with van der Waals surface area (Å²) in [4.78, 5) is 24.6. The maximum Gasteiger partial charge on any atom is 0.305 e. The highest BCUT2D eigenvalue weighted by Gasteiger charge is 2.18. The van der Waals surface area contributed by atoms with Gasteiger partial charge >= 0.3 is 5.97 Å². The SMILES string of the molecule is CCCCC/C=C\C/C=C\CCCCCCCCCC(=O)OCCCCCCCCCCC/C=C\CCCCCCCC(=O)NC(CO)C(O)/C=C/CCCCCCCCCCCCCCCCCCCCCCCCC. The standard InChI is InChI=1S/C71H133NO5/c1-3-5-7-9-11-13-15-17-19-21-22-23-24-25-26-27-28-32-35-39-43-47-51-55-59-63-69(74)68(67-73)72-70(75)64-60-56-52-48-44-40-36-33-29-30-34-38-42-46-50-54-58-62-66-77-71(76)65-61-57-53-49-45-41-37-31-20-18-16-14-12-10-8-6-4-2/h12,14,18,20,33,36,59,63,68-69,73-74H,3-11,13,15-17,19,21-32,34-35,37-58,60-62,64-67H2,1-2H3,(H,72,75)/b14-12-,20-18-,36-33-,63-59+. The van der Waals surface area contributed by atoms with Gasteiger partial charge in [0, 0.05) is 12.8 Å². The van der Waals surface area contributed by atoms with Gasteiger partial charge in [0.1, 0.15) is 0 Å². The molecule has 0 spiro atoms. The van der Waals surface area contributed by atoms with Gasteiger partial charge in [0.25, 0.3) is 0 Å². The van der Waals surface area contributed by atoms with E-state index in [0.717, 1.165) is 70.6 Å². The maximum atomic E-state index is 12.5. The molecule has 0 fully saturated rings. The van der Waals surface area contributed by atoms with E-state index in [2.05, 4.69) is 55.6 Å². The summed E-state index contributed by atoms with van der Waals surface area (Å²) in [6.07, 6.45) is 86.0. The molecular formula is C71H133NO5. The molecule has 1 amide bonds. The Labute approximate surface area is 480 Å². The summed E-state index contributed by atoms with van der Waals surface area (Å²) < 4.78 is 5.49. The number of aliphatic hydroxyl groups excluding tert-OH is 2. The zero-order chi connectivity index (χ0) is 55.7. The average molecular weight is 1080 g/mol. The molecule has 0 aliphatic carbocycles. The van der Waals surface area contributed by atoms with E-state index in [1.807, 2.05) is 6.08 Å². The Morgan fingerprint density at radius 1 is 0.364 bits per heavy atom. The lowest BCUT2D eigenvalue weighted by Gasteiger charge is -2.20. The molecule has 0 bridgehead atoms. The van der Waals surface area contributed by atoms with Gasteiger partial charge in [-0.1, -0.05) is 313 Å². The van der Waals surface area contributed by atoms with Crippen LogP contribution in [-0.4, -0.2) is 47.4 Å². The van der Waals surface area contributed by atoms with Crippen LogP contribution in [-0.2, 0) is 14.3 Å². The van der Waals surface area contributed by atoms with Crippen molar-refractivity contribution in [1.82, 2.24) is 5.32 Å². The minimum Gasteiger partial charge on any atom is -0.466 e. The van der Waals surface area contributed by atoms with E-state index in [1.165, 1.54) is 270 Å². The fourth-order valence-corrected chi connectivity index (χ4v) is 10.5. The molecule has 0 heterocycles. The van der Waals surface area contributed by atoms with Gasteiger partial charge < -0.3 is 20.3 Å². The molecule has 452 valence electrons. The molecule has 0 aliphatic rings. The molecule has 0 aromatic heterocycles. The van der Waals surface area contributed by atoms with Crippen LogP contribution in [0.4, 0.5) is 0 Å². The van der Waals surface area contributed by atoms with Crippen LogP contribution in [0.5, 0.6) is 0 Å². The average Bonchev–Trinajstić information content (AvgIpc) is 3.43. The van der Waals surface area contributed by atoms with Crippen molar-refractivity contribution >= 4 is 11.9 Å². The van der Waals surface area contributed by atoms with Crippen molar-refractivity contribution in [2.24, 2.45) is 0 Å². The lowest BCUT2D eigenvalue weighted by atomic mass is 10.0. The van der Waals surface area contributed by atoms with Crippen molar-refractivity contribution in [2.75, 3.05) is 13.2 Å². The molecule has 0 aromatic rings. The molecule has 3 N–H and O–H groups in total. The van der Waals surface area contributed by atoms with Crippen LogP contribution in [0.2, 0.25) is 0 Å². The summed E-state index contributed by atoms with van der Waals surface area (Å²) in [7, 11) is 0. The minimum absolute atomic E-state index is 0.00527. The molecule has 0 aliphatic heterocycles. The predicted molar refractivity (Wildman–Crippen MR) is 338 cm³/mol. The Bertz CT molecular complexity index is 1290. The fourth-order valence-electron chi connectivity index (χ4n) is 10.5. The molecule has 0 saturated heterocycles. The Kier molecular flexibility index (Phi) is 64.5. The second-order valence-corrected chi connectivity index (χ2v) is 23.5. The number of carbonyl (C=O) groups excluding carboxylic acids is 2. The summed E-state index contributed by atoms with van der Waals surface area (Å²) >= 11 is 0.